The van der Waals surface area contributed by atoms with Crippen LogP contribution in [0.25, 0.3) is 6.08 Å². The highest BCUT2D eigenvalue weighted by Crippen LogP contribution is 2.26. The molecular weight excluding hydrogens is 268 g/mol. The highest BCUT2D eigenvalue weighted by Gasteiger charge is 2.28. The second-order valence-electron chi connectivity index (χ2n) is 4.64. The van der Waals surface area contributed by atoms with Gasteiger partial charge in [0.05, 0.1) is 17.0 Å². The molecule has 20 heavy (non-hydrogen) atoms. The fourth-order valence-corrected chi connectivity index (χ4v) is 2.92. The van der Waals surface area contributed by atoms with Crippen LogP contribution in [-0.4, -0.2) is 11.6 Å². The first-order valence-electron chi connectivity index (χ1n) is 6.38. The minimum atomic E-state index is -0.0697. The van der Waals surface area contributed by atoms with Crippen LogP contribution in [0.3, 0.4) is 0 Å². The Balaban J connectivity index is 1.95. The molecule has 0 bridgehead atoms. The number of hydrazone groups is 1. The van der Waals surface area contributed by atoms with Crippen molar-refractivity contribution in [3.05, 3.63) is 57.8 Å². The van der Waals surface area contributed by atoms with E-state index in [-0.39, 0.29) is 5.91 Å². The van der Waals surface area contributed by atoms with Gasteiger partial charge in [0.25, 0.3) is 5.91 Å². The summed E-state index contributed by atoms with van der Waals surface area (Å²) in [5.74, 6) is -0.0697. The van der Waals surface area contributed by atoms with Gasteiger partial charge in [0.1, 0.15) is 0 Å². The molecule has 0 aliphatic carbocycles. The maximum absolute atomic E-state index is 12.5. The molecule has 1 aromatic heterocycles. The van der Waals surface area contributed by atoms with Crippen LogP contribution in [0.1, 0.15) is 16.7 Å². The SMILES string of the molecule is CC1=NN(c2ccccc2)C(=O)/C1=C\c1ccc(C)s1. The number of hydrogen-bond acceptors (Lipinski definition) is 3. The maximum atomic E-state index is 12.5. The van der Waals surface area contributed by atoms with E-state index < -0.39 is 0 Å². The van der Waals surface area contributed by atoms with Gasteiger partial charge in [-0.2, -0.15) is 10.1 Å². The van der Waals surface area contributed by atoms with Gasteiger partial charge in [0.2, 0.25) is 0 Å². The predicted octanol–water partition coefficient (Wildman–Crippen LogP) is 3.86. The maximum Gasteiger partial charge on any atom is 0.280 e. The largest absolute Gasteiger partial charge is 0.280 e. The average Bonchev–Trinajstić information content (AvgIpc) is 2.98. The molecule has 3 nitrogen and oxygen atoms in total. The lowest BCUT2D eigenvalue weighted by Crippen LogP contribution is -2.21. The molecule has 0 radical (unpaired) electrons. The minimum absolute atomic E-state index is 0.0697. The molecule has 0 atom stereocenters. The second kappa shape index (κ2) is 5.06. The molecule has 4 heteroatoms. The summed E-state index contributed by atoms with van der Waals surface area (Å²) in [4.78, 5) is 14.8. The van der Waals surface area contributed by atoms with Crippen molar-refractivity contribution in [2.45, 2.75) is 13.8 Å². The van der Waals surface area contributed by atoms with Crippen LogP contribution in [0.2, 0.25) is 0 Å². The van der Waals surface area contributed by atoms with Crippen LogP contribution in [0, 0.1) is 6.92 Å². The Morgan fingerprint density at radius 1 is 1.10 bits per heavy atom. The summed E-state index contributed by atoms with van der Waals surface area (Å²) in [6.07, 6.45) is 1.92. The van der Waals surface area contributed by atoms with E-state index in [1.807, 2.05) is 49.4 Å². The van der Waals surface area contributed by atoms with Gasteiger partial charge in [-0.1, -0.05) is 18.2 Å². The molecule has 0 fully saturated rings. The number of aryl methyl sites for hydroxylation is 1. The average molecular weight is 282 g/mol. The van der Waals surface area contributed by atoms with Crippen LogP contribution in [-0.2, 0) is 4.79 Å². The third kappa shape index (κ3) is 2.30. The summed E-state index contributed by atoms with van der Waals surface area (Å²) in [6, 6.07) is 13.6. The molecule has 2 aromatic rings. The van der Waals surface area contributed by atoms with E-state index >= 15 is 0 Å². The van der Waals surface area contributed by atoms with Gasteiger partial charge in [0, 0.05) is 9.75 Å². The van der Waals surface area contributed by atoms with E-state index in [4.69, 9.17) is 0 Å². The third-order valence-corrected chi connectivity index (χ3v) is 4.06. The molecule has 1 aliphatic rings. The monoisotopic (exact) mass is 282 g/mol. The van der Waals surface area contributed by atoms with Crippen LogP contribution in [0.5, 0.6) is 0 Å². The Bertz CT molecular complexity index is 713. The zero-order valence-electron chi connectivity index (χ0n) is 11.3. The third-order valence-electron chi connectivity index (χ3n) is 3.11. The van der Waals surface area contributed by atoms with Crippen LogP contribution in [0.15, 0.2) is 53.1 Å². The van der Waals surface area contributed by atoms with Crippen molar-refractivity contribution < 1.29 is 4.79 Å². The van der Waals surface area contributed by atoms with Crippen LogP contribution in [0.4, 0.5) is 5.69 Å². The van der Waals surface area contributed by atoms with Crippen molar-refractivity contribution in [3.63, 3.8) is 0 Å². The van der Waals surface area contributed by atoms with E-state index in [0.717, 1.165) is 16.3 Å². The molecule has 0 spiro atoms. The molecule has 0 N–H and O–H groups in total. The quantitative estimate of drug-likeness (QED) is 0.770. The first-order chi connectivity index (χ1) is 9.65. The van der Waals surface area contributed by atoms with Crippen molar-refractivity contribution in [2.75, 3.05) is 5.01 Å². The van der Waals surface area contributed by atoms with Crippen molar-refractivity contribution >= 4 is 34.7 Å². The Morgan fingerprint density at radius 3 is 2.50 bits per heavy atom. The topological polar surface area (TPSA) is 32.7 Å². The molecular formula is C16H14N2OS. The summed E-state index contributed by atoms with van der Waals surface area (Å²) in [6.45, 7) is 3.92. The van der Waals surface area contributed by atoms with E-state index in [2.05, 4.69) is 18.1 Å². The van der Waals surface area contributed by atoms with Gasteiger partial charge < -0.3 is 0 Å². The smallest absolute Gasteiger partial charge is 0.267 e. The summed E-state index contributed by atoms with van der Waals surface area (Å²) >= 11 is 1.67. The van der Waals surface area contributed by atoms with Gasteiger partial charge >= 0.3 is 0 Å². The van der Waals surface area contributed by atoms with E-state index in [9.17, 15) is 4.79 Å². The van der Waals surface area contributed by atoms with Crippen molar-refractivity contribution in [3.8, 4) is 0 Å². The summed E-state index contributed by atoms with van der Waals surface area (Å²) in [7, 11) is 0. The highest BCUT2D eigenvalue weighted by molar-refractivity contribution is 7.12. The van der Waals surface area contributed by atoms with Crippen molar-refractivity contribution in [1.29, 1.82) is 0 Å². The number of nitrogens with zero attached hydrogens (tertiary/aromatic N) is 2. The fraction of sp³-hybridized carbons (Fsp3) is 0.125. The second-order valence-corrected chi connectivity index (χ2v) is 5.96. The Kier molecular flexibility index (Phi) is 3.24. The van der Waals surface area contributed by atoms with E-state index in [0.29, 0.717) is 5.57 Å². The number of hydrogen-bond donors (Lipinski definition) is 0. The Hall–Kier alpha value is -2.20. The van der Waals surface area contributed by atoms with Gasteiger partial charge in [-0.05, 0) is 44.2 Å². The number of anilines is 1. The lowest BCUT2D eigenvalue weighted by atomic mass is 10.1. The number of amides is 1. The molecule has 100 valence electrons. The lowest BCUT2D eigenvalue weighted by Gasteiger charge is -2.10. The molecule has 0 unspecified atom stereocenters. The number of thiophene rings is 1. The molecule has 1 amide bonds. The standard InChI is InChI=1S/C16H14N2OS/c1-11-8-9-14(20-11)10-15-12(2)17-18(16(15)19)13-6-4-3-5-7-13/h3-10H,1-2H3/b15-10-. The zero-order chi connectivity index (χ0) is 14.1. The molecule has 1 aliphatic heterocycles. The van der Waals surface area contributed by atoms with Crippen LogP contribution >= 0.6 is 11.3 Å². The van der Waals surface area contributed by atoms with Gasteiger partial charge in [-0.25, -0.2) is 0 Å². The van der Waals surface area contributed by atoms with Crippen LogP contribution < -0.4 is 5.01 Å². The number of benzene rings is 1. The summed E-state index contributed by atoms with van der Waals surface area (Å²) in [5, 5.41) is 5.82. The van der Waals surface area contributed by atoms with E-state index in [1.165, 1.54) is 9.89 Å². The number of para-hydroxylation sites is 1. The van der Waals surface area contributed by atoms with Crippen molar-refractivity contribution in [1.82, 2.24) is 0 Å². The molecule has 0 saturated heterocycles. The van der Waals surface area contributed by atoms with Gasteiger partial charge in [-0.3, -0.25) is 4.79 Å². The normalized spacial score (nSPS) is 16.9. The Labute approximate surface area is 121 Å². The van der Waals surface area contributed by atoms with Gasteiger partial charge in [0.15, 0.2) is 0 Å². The summed E-state index contributed by atoms with van der Waals surface area (Å²) in [5.41, 5.74) is 2.21. The van der Waals surface area contributed by atoms with Gasteiger partial charge in [-0.15, -0.1) is 11.3 Å². The Morgan fingerprint density at radius 2 is 1.85 bits per heavy atom. The molecule has 3 rings (SSSR count). The molecule has 1 aromatic carbocycles. The lowest BCUT2D eigenvalue weighted by molar-refractivity contribution is -0.114. The molecule has 2 heterocycles. The first-order valence-corrected chi connectivity index (χ1v) is 7.20. The fourth-order valence-electron chi connectivity index (χ4n) is 2.10. The number of carbonyl (C=O) groups is 1. The summed E-state index contributed by atoms with van der Waals surface area (Å²) < 4.78 is 0. The minimum Gasteiger partial charge on any atom is -0.267 e. The molecule has 0 saturated carbocycles. The number of rotatable bonds is 2. The predicted molar refractivity (Wildman–Crippen MR) is 84.1 cm³/mol. The van der Waals surface area contributed by atoms with Crippen molar-refractivity contribution in [2.24, 2.45) is 5.10 Å². The van der Waals surface area contributed by atoms with E-state index in [1.54, 1.807) is 11.3 Å². The highest BCUT2D eigenvalue weighted by atomic mass is 32.1. The number of carbonyl (C=O) groups excluding carboxylic acids is 1. The first kappa shape index (κ1) is 12.8. The zero-order valence-corrected chi connectivity index (χ0v) is 12.1.